The fourth-order valence-electron chi connectivity index (χ4n) is 1.10. The van der Waals surface area contributed by atoms with Crippen molar-refractivity contribution in [3.05, 3.63) is 33.8 Å². The third-order valence-electron chi connectivity index (χ3n) is 1.76. The summed E-state index contributed by atoms with van der Waals surface area (Å²) in [5.74, 6) is 0.759. The molecule has 0 saturated carbocycles. The average molecular weight is 255 g/mol. The Morgan fingerprint density at radius 1 is 1.50 bits per heavy atom. The van der Waals surface area contributed by atoms with Gasteiger partial charge in [-0.1, -0.05) is 15.9 Å². The van der Waals surface area contributed by atoms with E-state index in [0.29, 0.717) is 5.57 Å². The molecule has 0 heterocycles. The Morgan fingerprint density at radius 3 is 2.79 bits per heavy atom. The molecule has 14 heavy (non-hydrogen) atoms. The van der Waals surface area contributed by atoms with E-state index in [1.54, 1.807) is 20.1 Å². The van der Waals surface area contributed by atoms with Gasteiger partial charge < -0.3 is 4.74 Å². The number of allylic oxidation sites excluding steroid dienone is 1. The van der Waals surface area contributed by atoms with E-state index in [4.69, 9.17) is 4.74 Å². The molecule has 0 aliphatic rings. The zero-order valence-corrected chi connectivity index (χ0v) is 9.67. The second kappa shape index (κ2) is 4.96. The molecule has 1 rings (SSSR count). The van der Waals surface area contributed by atoms with Gasteiger partial charge in [0.1, 0.15) is 12.0 Å². The lowest BCUT2D eigenvalue weighted by Gasteiger charge is -2.05. The van der Waals surface area contributed by atoms with Crippen molar-refractivity contribution in [1.82, 2.24) is 0 Å². The standard InChI is InChI=1S/C11H11BrO2/c1-8(7-13)5-9-6-10(12)3-4-11(9)14-2/h3-7H,1-2H3/b8-5-. The molecule has 0 bridgehead atoms. The van der Waals surface area contributed by atoms with Crippen LogP contribution in [-0.2, 0) is 4.79 Å². The number of ether oxygens (including phenoxy) is 1. The Balaban J connectivity index is 3.17. The minimum Gasteiger partial charge on any atom is -0.496 e. The molecule has 0 aliphatic heterocycles. The Labute approximate surface area is 91.7 Å². The van der Waals surface area contributed by atoms with E-state index in [1.165, 1.54) is 0 Å². The molecular formula is C11H11BrO2. The summed E-state index contributed by atoms with van der Waals surface area (Å²) < 4.78 is 6.13. The maximum Gasteiger partial charge on any atom is 0.145 e. The van der Waals surface area contributed by atoms with Crippen molar-refractivity contribution in [2.45, 2.75) is 6.92 Å². The Hall–Kier alpha value is -1.09. The van der Waals surface area contributed by atoms with Crippen LogP contribution in [0.25, 0.3) is 6.08 Å². The van der Waals surface area contributed by atoms with Gasteiger partial charge in [-0.3, -0.25) is 4.79 Å². The van der Waals surface area contributed by atoms with Gasteiger partial charge in [0.15, 0.2) is 0 Å². The van der Waals surface area contributed by atoms with Gasteiger partial charge >= 0.3 is 0 Å². The minimum absolute atomic E-state index is 0.668. The molecule has 0 spiro atoms. The predicted octanol–water partition coefficient (Wildman–Crippen LogP) is 3.06. The Kier molecular flexibility index (Phi) is 3.89. The topological polar surface area (TPSA) is 26.3 Å². The summed E-state index contributed by atoms with van der Waals surface area (Å²) in [6, 6.07) is 5.66. The summed E-state index contributed by atoms with van der Waals surface area (Å²) in [4.78, 5) is 10.5. The number of hydrogen-bond acceptors (Lipinski definition) is 2. The molecule has 1 aromatic rings. The van der Waals surface area contributed by atoms with Crippen LogP contribution in [-0.4, -0.2) is 13.4 Å². The highest BCUT2D eigenvalue weighted by Crippen LogP contribution is 2.24. The van der Waals surface area contributed by atoms with Crippen molar-refractivity contribution in [3.8, 4) is 5.75 Å². The van der Waals surface area contributed by atoms with E-state index in [-0.39, 0.29) is 0 Å². The van der Waals surface area contributed by atoms with E-state index in [2.05, 4.69) is 15.9 Å². The van der Waals surface area contributed by atoms with E-state index in [0.717, 1.165) is 22.1 Å². The average Bonchev–Trinajstić information content (AvgIpc) is 2.18. The van der Waals surface area contributed by atoms with Crippen LogP contribution in [0.15, 0.2) is 28.2 Å². The first-order valence-corrected chi connectivity index (χ1v) is 4.93. The Morgan fingerprint density at radius 2 is 2.21 bits per heavy atom. The van der Waals surface area contributed by atoms with Crippen molar-refractivity contribution in [3.63, 3.8) is 0 Å². The van der Waals surface area contributed by atoms with Gasteiger partial charge in [0, 0.05) is 10.0 Å². The summed E-state index contributed by atoms with van der Waals surface area (Å²) in [5.41, 5.74) is 1.56. The number of aldehydes is 1. The SMILES string of the molecule is COc1ccc(Br)cc1/C=C(/C)C=O. The molecule has 1 aromatic carbocycles. The smallest absolute Gasteiger partial charge is 0.145 e. The summed E-state index contributed by atoms with van der Waals surface area (Å²) in [7, 11) is 1.61. The third-order valence-corrected chi connectivity index (χ3v) is 2.25. The van der Waals surface area contributed by atoms with Crippen LogP contribution < -0.4 is 4.74 Å². The number of rotatable bonds is 3. The minimum atomic E-state index is 0.668. The zero-order valence-electron chi connectivity index (χ0n) is 8.08. The Bertz CT molecular complexity index is 370. The molecule has 2 nitrogen and oxygen atoms in total. The van der Waals surface area contributed by atoms with Crippen molar-refractivity contribution in [2.75, 3.05) is 7.11 Å². The van der Waals surface area contributed by atoms with Gasteiger partial charge in [-0.25, -0.2) is 0 Å². The number of halogens is 1. The molecule has 0 radical (unpaired) electrons. The first-order chi connectivity index (χ1) is 6.67. The summed E-state index contributed by atoms with van der Waals surface area (Å²) >= 11 is 3.36. The third kappa shape index (κ3) is 2.70. The fraction of sp³-hybridized carbons (Fsp3) is 0.182. The monoisotopic (exact) mass is 254 g/mol. The van der Waals surface area contributed by atoms with Gasteiger partial charge in [0.2, 0.25) is 0 Å². The number of benzene rings is 1. The molecule has 0 saturated heterocycles. The van der Waals surface area contributed by atoms with Crippen LogP contribution in [0.1, 0.15) is 12.5 Å². The zero-order chi connectivity index (χ0) is 10.6. The number of methoxy groups -OCH3 is 1. The summed E-state index contributed by atoms with van der Waals surface area (Å²) in [6.07, 6.45) is 2.61. The maximum atomic E-state index is 10.5. The van der Waals surface area contributed by atoms with E-state index in [1.807, 2.05) is 18.2 Å². The molecule has 0 atom stereocenters. The molecule has 0 amide bonds. The molecule has 0 N–H and O–H groups in total. The first kappa shape index (κ1) is 11.0. The second-order valence-corrected chi connectivity index (χ2v) is 3.81. The molecule has 0 aromatic heterocycles. The van der Waals surface area contributed by atoms with Crippen molar-refractivity contribution in [2.24, 2.45) is 0 Å². The van der Waals surface area contributed by atoms with Gasteiger partial charge in [0.05, 0.1) is 7.11 Å². The number of carbonyl (C=O) groups excluding carboxylic acids is 1. The molecule has 0 unspecified atom stereocenters. The van der Waals surface area contributed by atoms with Crippen LogP contribution in [0.5, 0.6) is 5.75 Å². The fourth-order valence-corrected chi connectivity index (χ4v) is 1.48. The lowest BCUT2D eigenvalue weighted by molar-refractivity contribution is -0.104. The largest absolute Gasteiger partial charge is 0.496 e. The van der Waals surface area contributed by atoms with Crippen LogP contribution in [0, 0.1) is 0 Å². The molecule has 3 heteroatoms. The van der Waals surface area contributed by atoms with E-state index < -0.39 is 0 Å². The van der Waals surface area contributed by atoms with Gasteiger partial charge in [-0.05, 0) is 36.8 Å². The van der Waals surface area contributed by atoms with Crippen molar-refractivity contribution in [1.29, 1.82) is 0 Å². The summed E-state index contributed by atoms with van der Waals surface area (Å²) in [6.45, 7) is 1.76. The summed E-state index contributed by atoms with van der Waals surface area (Å²) in [5, 5.41) is 0. The van der Waals surface area contributed by atoms with Gasteiger partial charge in [-0.2, -0.15) is 0 Å². The lowest BCUT2D eigenvalue weighted by Crippen LogP contribution is -1.87. The molecule has 74 valence electrons. The van der Waals surface area contributed by atoms with Crippen LogP contribution in [0.3, 0.4) is 0 Å². The second-order valence-electron chi connectivity index (χ2n) is 2.89. The molecule has 0 fully saturated rings. The molecular weight excluding hydrogens is 244 g/mol. The maximum absolute atomic E-state index is 10.5. The van der Waals surface area contributed by atoms with Crippen molar-refractivity contribution >= 4 is 28.3 Å². The van der Waals surface area contributed by atoms with E-state index >= 15 is 0 Å². The van der Waals surface area contributed by atoms with Gasteiger partial charge in [-0.15, -0.1) is 0 Å². The highest BCUT2D eigenvalue weighted by atomic mass is 79.9. The molecule has 0 aliphatic carbocycles. The van der Waals surface area contributed by atoms with Crippen LogP contribution in [0.2, 0.25) is 0 Å². The quantitative estimate of drug-likeness (QED) is 0.612. The normalized spacial score (nSPS) is 11.2. The van der Waals surface area contributed by atoms with Crippen LogP contribution in [0.4, 0.5) is 0 Å². The number of hydrogen-bond donors (Lipinski definition) is 0. The highest BCUT2D eigenvalue weighted by Gasteiger charge is 2.00. The lowest BCUT2D eigenvalue weighted by atomic mass is 10.1. The highest BCUT2D eigenvalue weighted by molar-refractivity contribution is 9.10. The van der Waals surface area contributed by atoms with Crippen LogP contribution >= 0.6 is 15.9 Å². The number of carbonyl (C=O) groups is 1. The van der Waals surface area contributed by atoms with E-state index in [9.17, 15) is 4.79 Å². The van der Waals surface area contributed by atoms with Crippen molar-refractivity contribution < 1.29 is 9.53 Å². The first-order valence-electron chi connectivity index (χ1n) is 4.14. The van der Waals surface area contributed by atoms with Gasteiger partial charge in [0.25, 0.3) is 0 Å². The predicted molar refractivity (Wildman–Crippen MR) is 60.4 cm³/mol.